The zero-order valence-electron chi connectivity index (χ0n) is 12.0. The number of benzene rings is 1. The van der Waals surface area contributed by atoms with Crippen LogP contribution in [0.2, 0.25) is 5.15 Å². The van der Waals surface area contributed by atoms with E-state index in [1.54, 1.807) is 0 Å². The van der Waals surface area contributed by atoms with Gasteiger partial charge in [-0.15, -0.1) is 0 Å². The molecule has 3 rings (SSSR count). The van der Waals surface area contributed by atoms with Crippen LogP contribution in [-0.2, 0) is 4.74 Å². The van der Waals surface area contributed by atoms with E-state index >= 15 is 0 Å². The van der Waals surface area contributed by atoms with Crippen molar-refractivity contribution in [2.75, 3.05) is 18.5 Å². The lowest BCUT2D eigenvalue weighted by Crippen LogP contribution is -2.28. The molecule has 1 aromatic carbocycles. The first-order chi connectivity index (χ1) is 10.8. The normalized spacial score (nSPS) is 21.3. The van der Waals surface area contributed by atoms with Crippen LogP contribution in [0.3, 0.4) is 0 Å². The van der Waals surface area contributed by atoms with Gasteiger partial charge in [0, 0.05) is 19.1 Å². The summed E-state index contributed by atoms with van der Waals surface area (Å²) in [6.45, 7) is 1.54. The Morgan fingerprint density at radius 2 is 2.23 bits per heavy atom. The molecule has 1 fully saturated rings. The minimum absolute atomic E-state index is 0.0939. The molecule has 1 N–H and O–H groups in total. The maximum Gasteiger partial charge on any atom is 0.162 e. The monoisotopic (exact) mass is 333 g/mol. The van der Waals surface area contributed by atoms with E-state index in [2.05, 4.69) is 27.9 Å². The van der Waals surface area contributed by atoms with Gasteiger partial charge in [0.25, 0.3) is 0 Å². The molecular formula is C16H16ClN3OS. The van der Waals surface area contributed by atoms with Crippen molar-refractivity contribution in [1.82, 2.24) is 4.37 Å². The number of nitriles is 1. The Kier molecular flexibility index (Phi) is 4.94. The molecule has 22 heavy (non-hydrogen) atoms. The molecule has 1 saturated heterocycles. The van der Waals surface area contributed by atoms with E-state index in [1.807, 2.05) is 18.2 Å². The van der Waals surface area contributed by atoms with E-state index in [1.165, 1.54) is 17.1 Å². The van der Waals surface area contributed by atoms with E-state index in [4.69, 9.17) is 21.6 Å². The Morgan fingerprint density at radius 3 is 3.00 bits per heavy atom. The van der Waals surface area contributed by atoms with Crippen LogP contribution in [0.4, 0.5) is 5.00 Å². The zero-order chi connectivity index (χ0) is 15.4. The van der Waals surface area contributed by atoms with Crippen LogP contribution >= 0.6 is 23.1 Å². The van der Waals surface area contributed by atoms with Crippen molar-refractivity contribution < 1.29 is 4.74 Å². The van der Waals surface area contributed by atoms with Gasteiger partial charge in [-0.2, -0.15) is 9.64 Å². The number of nitrogens with one attached hydrogen (secondary N) is 1. The first-order valence-electron chi connectivity index (χ1n) is 7.25. The van der Waals surface area contributed by atoms with E-state index in [-0.39, 0.29) is 11.3 Å². The van der Waals surface area contributed by atoms with Crippen LogP contribution in [0.5, 0.6) is 0 Å². The lowest BCUT2D eigenvalue weighted by molar-refractivity contribution is -0.0238. The molecule has 0 radical (unpaired) electrons. The Hall–Kier alpha value is -1.61. The van der Waals surface area contributed by atoms with Gasteiger partial charge in [-0.1, -0.05) is 41.9 Å². The molecule has 2 atom stereocenters. The molecule has 2 unspecified atom stereocenters. The summed E-state index contributed by atoms with van der Waals surface area (Å²) in [7, 11) is 0. The zero-order valence-corrected chi connectivity index (χ0v) is 13.5. The smallest absolute Gasteiger partial charge is 0.162 e. The van der Waals surface area contributed by atoms with Crippen molar-refractivity contribution in [1.29, 1.82) is 5.26 Å². The van der Waals surface area contributed by atoms with Gasteiger partial charge >= 0.3 is 0 Å². The second-order valence-electron chi connectivity index (χ2n) is 5.27. The lowest BCUT2D eigenvalue weighted by atomic mass is 9.89. The topological polar surface area (TPSA) is 57.9 Å². The third-order valence-electron chi connectivity index (χ3n) is 3.86. The SMILES string of the molecule is N#Cc1c(Cl)nsc1NCC1CCCOC1c1ccccc1. The number of aromatic nitrogens is 1. The molecule has 0 spiro atoms. The van der Waals surface area contributed by atoms with E-state index in [9.17, 15) is 0 Å². The van der Waals surface area contributed by atoms with Crippen molar-refractivity contribution in [2.45, 2.75) is 18.9 Å². The second-order valence-corrected chi connectivity index (χ2v) is 6.41. The molecule has 1 aliphatic rings. The fraction of sp³-hybridized carbons (Fsp3) is 0.375. The summed E-state index contributed by atoms with van der Waals surface area (Å²) in [6.07, 6.45) is 2.25. The van der Waals surface area contributed by atoms with Crippen molar-refractivity contribution in [3.63, 3.8) is 0 Å². The summed E-state index contributed by atoms with van der Waals surface area (Å²) in [5, 5.41) is 13.5. The third kappa shape index (κ3) is 3.25. The van der Waals surface area contributed by atoms with E-state index in [0.29, 0.717) is 11.5 Å². The first kappa shape index (κ1) is 15.3. The number of hydrogen-bond acceptors (Lipinski definition) is 5. The average Bonchev–Trinajstić information content (AvgIpc) is 2.94. The van der Waals surface area contributed by atoms with Crippen molar-refractivity contribution >= 4 is 28.1 Å². The van der Waals surface area contributed by atoms with Crippen LogP contribution in [0.25, 0.3) is 0 Å². The Bertz CT molecular complexity index is 668. The third-order valence-corrected chi connectivity index (χ3v) is 5.04. The number of nitrogens with zero attached hydrogens (tertiary/aromatic N) is 2. The predicted molar refractivity (Wildman–Crippen MR) is 88.2 cm³/mol. The molecule has 2 heterocycles. The highest BCUT2D eigenvalue weighted by molar-refractivity contribution is 7.10. The van der Waals surface area contributed by atoms with Gasteiger partial charge in [0.2, 0.25) is 0 Å². The molecule has 4 nitrogen and oxygen atoms in total. The summed E-state index contributed by atoms with van der Waals surface area (Å²) >= 11 is 7.13. The van der Waals surface area contributed by atoms with Gasteiger partial charge in [-0.05, 0) is 29.9 Å². The summed E-state index contributed by atoms with van der Waals surface area (Å²) in [4.78, 5) is 0. The number of halogens is 1. The Labute approximate surface area is 138 Å². The van der Waals surface area contributed by atoms with Crippen LogP contribution < -0.4 is 5.32 Å². The van der Waals surface area contributed by atoms with Gasteiger partial charge in [0.1, 0.15) is 16.6 Å². The van der Waals surface area contributed by atoms with Crippen LogP contribution in [0, 0.1) is 17.2 Å². The highest BCUT2D eigenvalue weighted by Crippen LogP contribution is 2.35. The predicted octanol–water partition coefficient (Wildman–Crippen LogP) is 4.25. The van der Waals surface area contributed by atoms with E-state index in [0.717, 1.165) is 31.0 Å². The summed E-state index contributed by atoms with van der Waals surface area (Å²) < 4.78 is 10.0. The maximum absolute atomic E-state index is 9.12. The van der Waals surface area contributed by atoms with Crippen molar-refractivity contribution in [3.05, 3.63) is 46.6 Å². The molecule has 0 aliphatic carbocycles. The van der Waals surface area contributed by atoms with Crippen LogP contribution in [0.1, 0.15) is 30.1 Å². The average molecular weight is 334 g/mol. The van der Waals surface area contributed by atoms with Gasteiger partial charge in [0.15, 0.2) is 5.15 Å². The largest absolute Gasteiger partial charge is 0.374 e. The Morgan fingerprint density at radius 1 is 1.41 bits per heavy atom. The minimum atomic E-state index is 0.0939. The highest BCUT2D eigenvalue weighted by atomic mass is 35.5. The van der Waals surface area contributed by atoms with Gasteiger partial charge in [-0.3, -0.25) is 0 Å². The minimum Gasteiger partial charge on any atom is -0.374 e. The second kappa shape index (κ2) is 7.10. The molecule has 1 aromatic heterocycles. The molecule has 6 heteroatoms. The van der Waals surface area contributed by atoms with Gasteiger partial charge < -0.3 is 10.1 Å². The molecule has 1 aliphatic heterocycles. The molecule has 0 amide bonds. The summed E-state index contributed by atoms with van der Waals surface area (Å²) in [6, 6.07) is 12.4. The standard InChI is InChI=1S/C16H16ClN3OS/c17-15-13(9-18)16(22-20-15)19-10-12-7-4-8-21-14(12)11-5-2-1-3-6-11/h1-3,5-6,12,14,19H,4,7-8,10H2. The molecule has 2 aromatic rings. The number of ether oxygens (including phenoxy) is 1. The fourth-order valence-corrected chi connectivity index (χ4v) is 3.72. The number of hydrogen-bond donors (Lipinski definition) is 1. The fourth-order valence-electron chi connectivity index (χ4n) is 2.78. The maximum atomic E-state index is 9.12. The Balaban J connectivity index is 1.71. The summed E-state index contributed by atoms with van der Waals surface area (Å²) in [5.41, 5.74) is 1.64. The molecule has 0 saturated carbocycles. The molecule has 114 valence electrons. The molecular weight excluding hydrogens is 318 g/mol. The lowest BCUT2D eigenvalue weighted by Gasteiger charge is -2.32. The first-order valence-corrected chi connectivity index (χ1v) is 8.40. The molecule has 0 bridgehead atoms. The van der Waals surface area contributed by atoms with Crippen LogP contribution in [-0.4, -0.2) is 17.5 Å². The van der Waals surface area contributed by atoms with Crippen molar-refractivity contribution in [2.24, 2.45) is 5.92 Å². The summed E-state index contributed by atoms with van der Waals surface area (Å²) in [5.74, 6) is 0.364. The van der Waals surface area contributed by atoms with Gasteiger partial charge in [-0.25, -0.2) is 0 Å². The van der Waals surface area contributed by atoms with Gasteiger partial charge in [0.05, 0.1) is 6.10 Å². The number of rotatable bonds is 4. The van der Waals surface area contributed by atoms with Crippen LogP contribution in [0.15, 0.2) is 30.3 Å². The van der Waals surface area contributed by atoms with E-state index < -0.39 is 0 Å². The quantitative estimate of drug-likeness (QED) is 0.908. The highest BCUT2D eigenvalue weighted by Gasteiger charge is 2.27. The van der Waals surface area contributed by atoms with Crippen molar-refractivity contribution in [3.8, 4) is 6.07 Å². The number of anilines is 1.